The van der Waals surface area contributed by atoms with Gasteiger partial charge in [0.2, 0.25) is 0 Å². The van der Waals surface area contributed by atoms with E-state index in [1.54, 1.807) is 4.68 Å². The molecule has 102 valence electrons. The maximum atomic E-state index is 11.9. The minimum absolute atomic E-state index is 0.0490. The van der Waals surface area contributed by atoms with Crippen LogP contribution in [0.15, 0.2) is 11.0 Å². The molecule has 2 aromatic rings. The Bertz CT molecular complexity index is 677. The molecular weight excluding hydrogens is 311 g/mol. The number of hydrogen-bond acceptors (Lipinski definition) is 3. The SMILES string of the molecule is CCn1nc(C)c(Cl)c1Cn1ncc(Cl)c(Cl)c1=O. The van der Waals surface area contributed by atoms with Crippen LogP contribution in [0.1, 0.15) is 18.3 Å². The first kappa shape index (κ1) is 14.4. The van der Waals surface area contributed by atoms with Gasteiger partial charge in [0.15, 0.2) is 0 Å². The molecule has 0 unspecified atom stereocenters. The summed E-state index contributed by atoms with van der Waals surface area (Å²) in [5.41, 5.74) is 0.980. The van der Waals surface area contributed by atoms with Crippen LogP contribution in [0, 0.1) is 6.92 Å². The molecule has 8 heteroatoms. The van der Waals surface area contributed by atoms with Crippen molar-refractivity contribution in [3.63, 3.8) is 0 Å². The van der Waals surface area contributed by atoms with Crippen LogP contribution >= 0.6 is 34.8 Å². The van der Waals surface area contributed by atoms with E-state index in [0.717, 1.165) is 5.69 Å². The predicted molar refractivity (Wildman–Crippen MR) is 75.3 cm³/mol. The summed E-state index contributed by atoms with van der Waals surface area (Å²) in [6.45, 7) is 4.60. The van der Waals surface area contributed by atoms with Gasteiger partial charge in [0.05, 0.1) is 34.2 Å². The molecule has 0 saturated carbocycles. The van der Waals surface area contributed by atoms with E-state index in [0.29, 0.717) is 17.3 Å². The second-order valence-corrected chi connectivity index (χ2v) is 5.09. The average Bonchev–Trinajstić information content (AvgIpc) is 2.66. The third kappa shape index (κ3) is 2.63. The highest BCUT2D eigenvalue weighted by Gasteiger charge is 2.15. The largest absolute Gasteiger partial charge is 0.287 e. The van der Waals surface area contributed by atoms with Crippen molar-refractivity contribution >= 4 is 34.8 Å². The minimum Gasteiger partial charge on any atom is -0.266 e. The van der Waals surface area contributed by atoms with Crippen molar-refractivity contribution in [1.82, 2.24) is 19.6 Å². The van der Waals surface area contributed by atoms with Gasteiger partial charge in [-0.05, 0) is 13.8 Å². The number of nitrogens with zero attached hydrogens (tertiary/aromatic N) is 4. The zero-order valence-corrected chi connectivity index (χ0v) is 12.6. The summed E-state index contributed by atoms with van der Waals surface area (Å²) in [6, 6.07) is 0. The van der Waals surface area contributed by atoms with Crippen molar-refractivity contribution in [3.05, 3.63) is 43.0 Å². The maximum absolute atomic E-state index is 11.9. The standard InChI is InChI=1S/C11H11Cl3N4O/c1-3-17-8(9(13)6(2)16-17)5-18-11(19)10(14)7(12)4-15-18/h4H,3,5H2,1-2H3. The second-order valence-electron chi connectivity index (χ2n) is 3.93. The van der Waals surface area contributed by atoms with E-state index in [-0.39, 0.29) is 16.6 Å². The Hall–Kier alpha value is -1.04. The monoisotopic (exact) mass is 320 g/mol. The Labute approximate surface area is 124 Å². The van der Waals surface area contributed by atoms with Crippen molar-refractivity contribution in [1.29, 1.82) is 0 Å². The topological polar surface area (TPSA) is 52.7 Å². The Morgan fingerprint density at radius 3 is 2.53 bits per heavy atom. The van der Waals surface area contributed by atoms with Gasteiger partial charge in [-0.3, -0.25) is 9.48 Å². The Balaban J connectivity index is 2.48. The molecule has 0 amide bonds. The third-order valence-electron chi connectivity index (χ3n) is 2.69. The number of aromatic nitrogens is 4. The highest BCUT2D eigenvalue weighted by molar-refractivity contribution is 6.41. The molecule has 0 radical (unpaired) electrons. The van der Waals surface area contributed by atoms with Crippen LogP contribution in [0.2, 0.25) is 15.1 Å². The molecule has 0 bridgehead atoms. The molecule has 2 heterocycles. The van der Waals surface area contributed by atoms with E-state index in [4.69, 9.17) is 34.8 Å². The number of aryl methyl sites for hydroxylation is 2. The van der Waals surface area contributed by atoms with Crippen molar-refractivity contribution < 1.29 is 0 Å². The van der Waals surface area contributed by atoms with Gasteiger partial charge in [-0.1, -0.05) is 34.8 Å². The van der Waals surface area contributed by atoms with Crippen LogP contribution in [-0.2, 0) is 13.1 Å². The maximum Gasteiger partial charge on any atom is 0.287 e. The fraction of sp³-hybridized carbons (Fsp3) is 0.364. The molecule has 2 rings (SSSR count). The molecule has 0 aliphatic rings. The smallest absolute Gasteiger partial charge is 0.266 e. The number of rotatable bonds is 3. The van der Waals surface area contributed by atoms with Crippen molar-refractivity contribution in [2.75, 3.05) is 0 Å². The number of halogens is 3. The first-order valence-corrected chi connectivity index (χ1v) is 6.72. The molecule has 0 aromatic carbocycles. The average molecular weight is 322 g/mol. The van der Waals surface area contributed by atoms with Crippen LogP contribution < -0.4 is 5.56 Å². The van der Waals surface area contributed by atoms with E-state index in [1.165, 1.54) is 10.9 Å². The zero-order valence-electron chi connectivity index (χ0n) is 10.3. The van der Waals surface area contributed by atoms with E-state index in [9.17, 15) is 4.79 Å². The lowest BCUT2D eigenvalue weighted by Gasteiger charge is -2.08. The van der Waals surface area contributed by atoms with Gasteiger partial charge >= 0.3 is 0 Å². The first-order chi connectivity index (χ1) is 8.95. The molecule has 2 aromatic heterocycles. The molecule has 19 heavy (non-hydrogen) atoms. The predicted octanol–water partition coefficient (Wildman–Crippen LogP) is 2.78. The summed E-state index contributed by atoms with van der Waals surface area (Å²) < 4.78 is 2.94. The molecule has 0 saturated heterocycles. The lowest BCUT2D eigenvalue weighted by molar-refractivity contribution is 0.559. The van der Waals surface area contributed by atoms with E-state index in [1.807, 2.05) is 13.8 Å². The van der Waals surface area contributed by atoms with E-state index in [2.05, 4.69) is 10.2 Å². The minimum atomic E-state index is -0.452. The summed E-state index contributed by atoms with van der Waals surface area (Å²) in [6.07, 6.45) is 1.33. The quantitative estimate of drug-likeness (QED) is 0.873. The molecule has 0 aliphatic heterocycles. The van der Waals surface area contributed by atoms with E-state index < -0.39 is 5.56 Å². The van der Waals surface area contributed by atoms with Crippen LogP contribution in [0.4, 0.5) is 0 Å². The van der Waals surface area contributed by atoms with Gasteiger partial charge in [-0.25, -0.2) is 4.68 Å². The summed E-state index contributed by atoms with van der Waals surface area (Å²) in [7, 11) is 0. The van der Waals surface area contributed by atoms with Gasteiger partial charge in [0, 0.05) is 6.54 Å². The van der Waals surface area contributed by atoms with E-state index >= 15 is 0 Å². The molecule has 0 atom stereocenters. The lowest BCUT2D eigenvalue weighted by atomic mass is 10.3. The molecule has 0 aliphatic carbocycles. The highest BCUT2D eigenvalue weighted by atomic mass is 35.5. The van der Waals surface area contributed by atoms with Gasteiger partial charge < -0.3 is 0 Å². The first-order valence-electron chi connectivity index (χ1n) is 5.58. The van der Waals surface area contributed by atoms with Crippen LogP contribution in [-0.4, -0.2) is 19.6 Å². The van der Waals surface area contributed by atoms with Gasteiger partial charge in [0.25, 0.3) is 5.56 Å². The number of hydrogen-bond donors (Lipinski definition) is 0. The van der Waals surface area contributed by atoms with Gasteiger partial charge in [-0.2, -0.15) is 10.2 Å². The van der Waals surface area contributed by atoms with Gasteiger partial charge in [0.1, 0.15) is 5.02 Å². The Morgan fingerprint density at radius 2 is 1.89 bits per heavy atom. The summed E-state index contributed by atoms with van der Waals surface area (Å²) in [5.74, 6) is 0. The second kappa shape index (κ2) is 5.53. The van der Waals surface area contributed by atoms with Gasteiger partial charge in [-0.15, -0.1) is 0 Å². The van der Waals surface area contributed by atoms with Crippen LogP contribution in [0.3, 0.4) is 0 Å². The summed E-state index contributed by atoms with van der Waals surface area (Å²) >= 11 is 17.7. The molecule has 0 N–H and O–H groups in total. The Morgan fingerprint density at radius 1 is 1.21 bits per heavy atom. The fourth-order valence-electron chi connectivity index (χ4n) is 1.72. The molecule has 0 fully saturated rings. The molecule has 0 spiro atoms. The Kier molecular flexibility index (Phi) is 4.18. The summed E-state index contributed by atoms with van der Waals surface area (Å²) in [5, 5.41) is 8.84. The van der Waals surface area contributed by atoms with Crippen LogP contribution in [0.25, 0.3) is 0 Å². The molecule has 5 nitrogen and oxygen atoms in total. The van der Waals surface area contributed by atoms with Crippen molar-refractivity contribution in [2.24, 2.45) is 0 Å². The van der Waals surface area contributed by atoms with Crippen molar-refractivity contribution in [3.8, 4) is 0 Å². The fourth-order valence-corrected chi connectivity index (χ4v) is 2.19. The zero-order chi connectivity index (χ0) is 14.2. The highest BCUT2D eigenvalue weighted by Crippen LogP contribution is 2.21. The van der Waals surface area contributed by atoms with Crippen LogP contribution in [0.5, 0.6) is 0 Å². The third-order valence-corrected chi connectivity index (χ3v) is 3.93. The van der Waals surface area contributed by atoms with Crippen molar-refractivity contribution in [2.45, 2.75) is 26.9 Å². The summed E-state index contributed by atoms with van der Waals surface area (Å²) in [4.78, 5) is 11.9. The molecular formula is C11H11Cl3N4O. The normalized spacial score (nSPS) is 11.0. The lowest BCUT2D eigenvalue weighted by Crippen LogP contribution is -2.25.